The van der Waals surface area contributed by atoms with Crippen molar-refractivity contribution in [2.24, 2.45) is 0 Å². The smallest absolute Gasteiger partial charge is 0.270 e. The Hall–Kier alpha value is -3.18. The topological polar surface area (TPSA) is 71.1 Å². The largest absolute Gasteiger partial charge is 0.347 e. The van der Waals surface area contributed by atoms with E-state index >= 15 is 0 Å². The molecule has 0 saturated heterocycles. The molecule has 26 heavy (non-hydrogen) atoms. The summed E-state index contributed by atoms with van der Waals surface area (Å²) in [6.07, 6.45) is 1.44. The number of hydrogen-bond donors (Lipinski definition) is 2. The first kappa shape index (κ1) is 17.6. The van der Waals surface area contributed by atoms with Crippen LogP contribution in [0.15, 0.2) is 72.9 Å². The molecule has 0 fully saturated rings. The standard InChI is InChI=1S/C20H16ClN3O2/c21-16-8-6-14(7-9-16)13-23-20(26)18-12-15(10-11-22-18)19(25)24-17-4-2-1-3-5-17/h1-12H,13H2,(H,23,26)(H,24,25). The third kappa shape index (κ3) is 4.68. The van der Waals surface area contributed by atoms with Gasteiger partial charge in [0.15, 0.2) is 0 Å². The summed E-state index contributed by atoms with van der Waals surface area (Å²) >= 11 is 5.84. The van der Waals surface area contributed by atoms with Gasteiger partial charge >= 0.3 is 0 Å². The number of hydrogen-bond acceptors (Lipinski definition) is 3. The summed E-state index contributed by atoms with van der Waals surface area (Å²) in [5, 5.41) is 6.19. The molecule has 1 heterocycles. The molecule has 6 heteroatoms. The zero-order chi connectivity index (χ0) is 18.4. The van der Waals surface area contributed by atoms with Gasteiger partial charge in [-0.2, -0.15) is 0 Å². The van der Waals surface area contributed by atoms with Crippen LogP contribution in [0.1, 0.15) is 26.4 Å². The average Bonchev–Trinajstić information content (AvgIpc) is 2.68. The summed E-state index contributed by atoms with van der Waals surface area (Å²) < 4.78 is 0. The summed E-state index contributed by atoms with van der Waals surface area (Å²) in [4.78, 5) is 28.6. The molecule has 5 nitrogen and oxygen atoms in total. The van der Waals surface area contributed by atoms with Gasteiger partial charge in [-0.05, 0) is 42.0 Å². The van der Waals surface area contributed by atoms with Gasteiger partial charge in [-0.15, -0.1) is 0 Å². The van der Waals surface area contributed by atoms with E-state index in [2.05, 4.69) is 15.6 Å². The maximum atomic E-state index is 12.3. The number of para-hydroxylation sites is 1. The van der Waals surface area contributed by atoms with Gasteiger partial charge in [0.2, 0.25) is 0 Å². The second-order valence-electron chi connectivity index (χ2n) is 5.56. The van der Waals surface area contributed by atoms with Crippen LogP contribution in [0.2, 0.25) is 5.02 Å². The number of halogens is 1. The van der Waals surface area contributed by atoms with E-state index < -0.39 is 0 Å². The van der Waals surface area contributed by atoms with Crippen molar-refractivity contribution in [3.8, 4) is 0 Å². The Labute approximate surface area is 156 Å². The summed E-state index contributed by atoms with van der Waals surface area (Å²) in [6, 6.07) is 19.3. The lowest BCUT2D eigenvalue weighted by Crippen LogP contribution is -2.24. The van der Waals surface area contributed by atoms with E-state index in [1.54, 1.807) is 30.3 Å². The number of pyridine rings is 1. The Kier molecular flexibility index (Phi) is 5.61. The highest BCUT2D eigenvalue weighted by Gasteiger charge is 2.12. The minimum absolute atomic E-state index is 0.180. The van der Waals surface area contributed by atoms with Crippen molar-refractivity contribution in [1.29, 1.82) is 0 Å². The van der Waals surface area contributed by atoms with Crippen LogP contribution in [-0.2, 0) is 6.54 Å². The molecule has 2 amide bonds. The zero-order valence-electron chi connectivity index (χ0n) is 13.8. The van der Waals surface area contributed by atoms with Crippen molar-refractivity contribution in [3.05, 3.63) is 94.8 Å². The highest BCUT2D eigenvalue weighted by molar-refractivity contribution is 6.30. The highest BCUT2D eigenvalue weighted by Crippen LogP contribution is 2.11. The van der Waals surface area contributed by atoms with Crippen LogP contribution < -0.4 is 10.6 Å². The lowest BCUT2D eigenvalue weighted by molar-refractivity contribution is 0.0946. The number of anilines is 1. The number of carbonyl (C=O) groups excluding carboxylic acids is 2. The number of rotatable bonds is 5. The van der Waals surface area contributed by atoms with Gasteiger partial charge in [-0.25, -0.2) is 0 Å². The molecule has 2 N–H and O–H groups in total. The Bertz CT molecular complexity index is 912. The normalized spacial score (nSPS) is 10.2. The van der Waals surface area contributed by atoms with Gasteiger partial charge in [0, 0.05) is 29.0 Å². The van der Waals surface area contributed by atoms with E-state index in [0.717, 1.165) is 5.56 Å². The molecule has 0 spiro atoms. The first-order chi connectivity index (χ1) is 12.6. The molecule has 0 aliphatic rings. The van der Waals surface area contributed by atoms with Crippen molar-refractivity contribution < 1.29 is 9.59 Å². The van der Waals surface area contributed by atoms with Gasteiger partial charge in [0.1, 0.15) is 5.69 Å². The molecule has 0 atom stereocenters. The SMILES string of the molecule is O=C(Nc1ccccc1)c1ccnc(C(=O)NCc2ccc(Cl)cc2)c1. The predicted molar refractivity (Wildman–Crippen MR) is 101 cm³/mol. The lowest BCUT2D eigenvalue weighted by Gasteiger charge is -2.08. The molecule has 130 valence electrons. The van der Waals surface area contributed by atoms with Crippen LogP contribution >= 0.6 is 11.6 Å². The fourth-order valence-electron chi connectivity index (χ4n) is 2.30. The second kappa shape index (κ2) is 8.27. The Morgan fingerprint density at radius 1 is 0.923 bits per heavy atom. The summed E-state index contributed by atoms with van der Waals surface area (Å²) in [5.41, 5.74) is 2.14. The fraction of sp³-hybridized carbons (Fsp3) is 0.0500. The van der Waals surface area contributed by atoms with Crippen molar-refractivity contribution in [1.82, 2.24) is 10.3 Å². The summed E-state index contributed by atoms with van der Waals surface area (Å²) in [6.45, 7) is 0.345. The molecule has 3 rings (SSSR count). The van der Waals surface area contributed by atoms with E-state index in [-0.39, 0.29) is 17.5 Å². The maximum absolute atomic E-state index is 12.3. The number of carbonyl (C=O) groups is 2. The minimum atomic E-state index is -0.352. The van der Waals surface area contributed by atoms with Gasteiger partial charge in [-0.3, -0.25) is 14.6 Å². The summed E-state index contributed by atoms with van der Waals surface area (Å²) in [5.74, 6) is -0.653. The second-order valence-corrected chi connectivity index (χ2v) is 6.00. The molecule has 0 radical (unpaired) electrons. The van der Waals surface area contributed by atoms with Crippen LogP contribution in [0.25, 0.3) is 0 Å². The van der Waals surface area contributed by atoms with E-state index in [0.29, 0.717) is 22.8 Å². The van der Waals surface area contributed by atoms with Gasteiger partial charge in [0.05, 0.1) is 0 Å². The molecule has 0 aliphatic heterocycles. The Balaban J connectivity index is 1.65. The van der Waals surface area contributed by atoms with Crippen LogP contribution in [0.5, 0.6) is 0 Å². The van der Waals surface area contributed by atoms with Crippen molar-refractivity contribution in [2.75, 3.05) is 5.32 Å². The van der Waals surface area contributed by atoms with E-state index in [9.17, 15) is 9.59 Å². The maximum Gasteiger partial charge on any atom is 0.270 e. The van der Waals surface area contributed by atoms with Gasteiger partial charge < -0.3 is 10.6 Å². The van der Waals surface area contributed by atoms with Crippen LogP contribution in [0, 0.1) is 0 Å². The molecule has 3 aromatic rings. The molecule has 0 bridgehead atoms. The average molecular weight is 366 g/mol. The van der Waals surface area contributed by atoms with Crippen molar-refractivity contribution >= 4 is 29.1 Å². The van der Waals surface area contributed by atoms with Crippen molar-refractivity contribution in [2.45, 2.75) is 6.54 Å². The van der Waals surface area contributed by atoms with E-state index in [1.807, 2.05) is 30.3 Å². The van der Waals surface area contributed by atoms with E-state index in [4.69, 9.17) is 11.6 Å². The number of nitrogens with zero attached hydrogens (tertiary/aromatic N) is 1. The van der Waals surface area contributed by atoms with Crippen molar-refractivity contribution in [3.63, 3.8) is 0 Å². The zero-order valence-corrected chi connectivity index (χ0v) is 14.5. The fourth-order valence-corrected chi connectivity index (χ4v) is 2.42. The molecule has 0 unspecified atom stereocenters. The van der Waals surface area contributed by atoms with Crippen LogP contribution in [-0.4, -0.2) is 16.8 Å². The van der Waals surface area contributed by atoms with Gasteiger partial charge in [-0.1, -0.05) is 41.9 Å². The number of nitrogens with one attached hydrogen (secondary N) is 2. The first-order valence-electron chi connectivity index (χ1n) is 7.97. The van der Waals surface area contributed by atoms with Gasteiger partial charge in [0.25, 0.3) is 11.8 Å². The molecular formula is C20H16ClN3O2. The Morgan fingerprint density at radius 3 is 2.38 bits per heavy atom. The predicted octanol–water partition coefficient (Wildman–Crippen LogP) is 3.92. The minimum Gasteiger partial charge on any atom is -0.347 e. The Morgan fingerprint density at radius 2 is 1.65 bits per heavy atom. The third-order valence-corrected chi connectivity index (χ3v) is 3.90. The first-order valence-corrected chi connectivity index (χ1v) is 8.35. The van der Waals surface area contributed by atoms with E-state index in [1.165, 1.54) is 12.3 Å². The monoisotopic (exact) mass is 365 g/mol. The number of benzene rings is 2. The molecule has 0 aliphatic carbocycles. The van der Waals surface area contributed by atoms with Crippen LogP contribution in [0.4, 0.5) is 5.69 Å². The van der Waals surface area contributed by atoms with Crippen LogP contribution in [0.3, 0.4) is 0 Å². The highest BCUT2D eigenvalue weighted by atomic mass is 35.5. The molecular weight excluding hydrogens is 350 g/mol. The third-order valence-electron chi connectivity index (χ3n) is 3.65. The lowest BCUT2D eigenvalue weighted by atomic mass is 10.2. The molecule has 2 aromatic carbocycles. The molecule has 1 aromatic heterocycles. The summed E-state index contributed by atoms with van der Waals surface area (Å²) in [7, 11) is 0. The molecule has 0 saturated carbocycles. The number of amides is 2. The quantitative estimate of drug-likeness (QED) is 0.720. The number of aromatic nitrogens is 1.